The third-order valence-corrected chi connectivity index (χ3v) is 3.53. The van der Waals surface area contributed by atoms with E-state index < -0.39 is 17.8 Å². The number of nitrogens with one attached hydrogen (secondary N) is 1. The highest BCUT2D eigenvalue weighted by Gasteiger charge is 2.40. The Labute approximate surface area is 117 Å². The molecule has 0 aromatic heterocycles. The van der Waals surface area contributed by atoms with Crippen molar-refractivity contribution in [3.63, 3.8) is 0 Å². The summed E-state index contributed by atoms with van der Waals surface area (Å²) in [6, 6.07) is 11.5. The van der Waals surface area contributed by atoms with Crippen LogP contribution in [0.25, 0.3) is 0 Å². The molecule has 1 aromatic rings. The SMILES string of the molecule is CC1=NNC(=O)[C@@H]1[C@H](c1ccc(C)cc1)C(C#N)C#N. The fourth-order valence-electron chi connectivity index (χ4n) is 2.45. The van der Waals surface area contributed by atoms with Gasteiger partial charge in [0, 0.05) is 11.6 Å². The molecule has 1 aliphatic rings. The monoisotopic (exact) mass is 266 g/mol. The van der Waals surface area contributed by atoms with Crippen molar-refractivity contribution >= 4 is 11.6 Å². The van der Waals surface area contributed by atoms with E-state index in [4.69, 9.17) is 0 Å². The number of hydrogen-bond donors (Lipinski definition) is 1. The largest absolute Gasteiger partial charge is 0.272 e. The zero-order chi connectivity index (χ0) is 14.7. The Kier molecular flexibility index (Phi) is 3.81. The molecule has 2 rings (SSSR count). The average molecular weight is 266 g/mol. The van der Waals surface area contributed by atoms with Crippen LogP contribution in [0.5, 0.6) is 0 Å². The number of hydrogen-bond acceptors (Lipinski definition) is 4. The molecule has 2 atom stereocenters. The van der Waals surface area contributed by atoms with Gasteiger partial charge in [-0.05, 0) is 19.4 Å². The summed E-state index contributed by atoms with van der Waals surface area (Å²) in [5, 5.41) is 22.3. The van der Waals surface area contributed by atoms with Crippen LogP contribution in [0, 0.1) is 41.4 Å². The summed E-state index contributed by atoms with van der Waals surface area (Å²) < 4.78 is 0. The fourth-order valence-corrected chi connectivity index (χ4v) is 2.45. The lowest BCUT2D eigenvalue weighted by atomic mass is 9.76. The van der Waals surface area contributed by atoms with Gasteiger partial charge in [0.05, 0.1) is 18.1 Å². The first-order valence-corrected chi connectivity index (χ1v) is 6.28. The second kappa shape index (κ2) is 5.54. The van der Waals surface area contributed by atoms with Crippen LogP contribution < -0.4 is 5.43 Å². The van der Waals surface area contributed by atoms with Crippen LogP contribution in [-0.2, 0) is 4.79 Å². The summed E-state index contributed by atoms with van der Waals surface area (Å²) in [5.41, 5.74) is 4.91. The van der Waals surface area contributed by atoms with Crippen molar-refractivity contribution < 1.29 is 4.79 Å². The number of nitriles is 2. The molecule has 0 saturated heterocycles. The Morgan fingerprint density at radius 2 is 1.80 bits per heavy atom. The number of nitrogens with zero attached hydrogens (tertiary/aromatic N) is 3. The molecule has 1 heterocycles. The van der Waals surface area contributed by atoms with Gasteiger partial charge in [0.1, 0.15) is 5.92 Å². The van der Waals surface area contributed by atoms with Gasteiger partial charge in [-0.25, -0.2) is 5.43 Å². The van der Waals surface area contributed by atoms with E-state index in [9.17, 15) is 15.3 Å². The summed E-state index contributed by atoms with van der Waals surface area (Å²) in [5.74, 6) is -2.22. The standard InChI is InChI=1S/C15H14N4O/c1-9-3-5-11(6-4-9)14(12(7-16)8-17)13-10(2)18-19-15(13)20/h3-6,12-14H,1-2H3,(H,19,20)/t13-,14+/m0/s1. The number of hydrazone groups is 1. The highest BCUT2D eigenvalue weighted by atomic mass is 16.2. The topological polar surface area (TPSA) is 89.0 Å². The van der Waals surface area contributed by atoms with Gasteiger partial charge in [0.15, 0.2) is 0 Å². The van der Waals surface area contributed by atoms with E-state index in [2.05, 4.69) is 10.5 Å². The third kappa shape index (κ3) is 2.39. The van der Waals surface area contributed by atoms with E-state index >= 15 is 0 Å². The van der Waals surface area contributed by atoms with Crippen molar-refractivity contribution in [2.24, 2.45) is 16.9 Å². The van der Waals surface area contributed by atoms with Gasteiger partial charge < -0.3 is 0 Å². The Balaban J connectivity index is 2.48. The smallest absolute Gasteiger partial charge is 0.249 e. The Morgan fingerprint density at radius 1 is 1.20 bits per heavy atom. The number of carbonyl (C=O) groups is 1. The molecule has 100 valence electrons. The highest BCUT2D eigenvalue weighted by molar-refractivity contribution is 6.07. The molecule has 1 amide bonds. The van der Waals surface area contributed by atoms with Gasteiger partial charge in [-0.2, -0.15) is 15.6 Å². The van der Waals surface area contributed by atoms with Crippen LogP contribution in [0.15, 0.2) is 29.4 Å². The van der Waals surface area contributed by atoms with Crippen molar-refractivity contribution in [2.45, 2.75) is 19.8 Å². The quantitative estimate of drug-likeness (QED) is 0.905. The molecule has 0 aliphatic carbocycles. The number of rotatable bonds is 3. The van der Waals surface area contributed by atoms with Gasteiger partial charge >= 0.3 is 0 Å². The molecule has 5 nitrogen and oxygen atoms in total. The minimum atomic E-state index is -0.892. The minimum absolute atomic E-state index is 0.261. The Bertz CT molecular complexity index is 619. The first kappa shape index (κ1) is 13.8. The van der Waals surface area contributed by atoms with Gasteiger partial charge in [-0.15, -0.1) is 0 Å². The maximum Gasteiger partial charge on any atom is 0.249 e. The number of benzene rings is 1. The third-order valence-electron chi connectivity index (χ3n) is 3.53. The molecule has 1 aromatic carbocycles. The van der Waals surface area contributed by atoms with Crippen molar-refractivity contribution in [1.29, 1.82) is 10.5 Å². The maximum atomic E-state index is 12.0. The number of carbonyl (C=O) groups excluding carboxylic acids is 1. The molecular weight excluding hydrogens is 252 g/mol. The number of amides is 1. The molecule has 0 spiro atoms. The fraction of sp³-hybridized carbons (Fsp3) is 0.333. The van der Waals surface area contributed by atoms with Gasteiger partial charge in [0.2, 0.25) is 5.91 Å². The van der Waals surface area contributed by atoms with Crippen molar-refractivity contribution in [3.05, 3.63) is 35.4 Å². The lowest BCUT2D eigenvalue weighted by Crippen LogP contribution is -2.32. The molecule has 0 saturated carbocycles. The summed E-state index contributed by atoms with van der Waals surface area (Å²) in [7, 11) is 0. The van der Waals surface area contributed by atoms with Crippen molar-refractivity contribution in [1.82, 2.24) is 5.43 Å². The van der Waals surface area contributed by atoms with Crippen LogP contribution in [0.4, 0.5) is 0 Å². The zero-order valence-corrected chi connectivity index (χ0v) is 11.3. The van der Waals surface area contributed by atoms with Crippen molar-refractivity contribution in [2.75, 3.05) is 0 Å². The van der Waals surface area contributed by atoms with Crippen LogP contribution in [-0.4, -0.2) is 11.6 Å². The molecule has 20 heavy (non-hydrogen) atoms. The molecule has 1 aliphatic heterocycles. The summed E-state index contributed by atoms with van der Waals surface area (Å²) in [4.78, 5) is 12.0. The first-order chi connectivity index (χ1) is 9.58. The minimum Gasteiger partial charge on any atom is -0.272 e. The lowest BCUT2D eigenvalue weighted by molar-refractivity contribution is -0.122. The summed E-state index contributed by atoms with van der Waals surface area (Å²) >= 11 is 0. The van der Waals surface area contributed by atoms with E-state index in [1.54, 1.807) is 6.92 Å². The number of aryl methyl sites for hydroxylation is 1. The van der Waals surface area contributed by atoms with E-state index in [0.717, 1.165) is 11.1 Å². The zero-order valence-electron chi connectivity index (χ0n) is 11.3. The van der Waals surface area contributed by atoms with E-state index in [0.29, 0.717) is 5.71 Å². The second-order valence-electron chi connectivity index (χ2n) is 4.88. The van der Waals surface area contributed by atoms with Gasteiger partial charge in [0.25, 0.3) is 0 Å². The molecule has 0 radical (unpaired) electrons. The van der Waals surface area contributed by atoms with E-state index in [-0.39, 0.29) is 5.91 Å². The lowest BCUT2D eigenvalue weighted by Gasteiger charge is -2.23. The maximum absolute atomic E-state index is 12.0. The predicted molar refractivity (Wildman–Crippen MR) is 73.4 cm³/mol. The Morgan fingerprint density at radius 3 is 2.25 bits per heavy atom. The van der Waals surface area contributed by atoms with Crippen molar-refractivity contribution in [3.8, 4) is 12.1 Å². The van der Waals surface area contributed by atoms with E-state index in [1.165, 1.54) is 0 Å². The van der Waals surface area contributed by atoms with Crippen LogP contribution in [0.1, 0.15) is 24.0 Å². The molecule has 0 bridgehead atoms. The first-order valence-electron chi connectivity index (χ1n) is 6.28. The molecular formula is C15H14N4O. The summed E-state index contributed by atoms with van der Waals surface area (Å²) in [6.45, 7) is 3.69. The highest BCUT2D eigenvalue weighted by Crippen LogP contribution is 2.34. The van der Waals surface area contributed by atoms with Crippen LogP contribution >= 0.6 is 0 Å². The van der Waals surface area contributed by atoms with Crippen LogP contribution in [0.2, 0.25) is 0 Å². The predicted octanol–water partition coefficient (Wildman–Crippen LogP) is 1.86. The molecule has 0 fully saturated rings. The second-order valence-corrected chi connectivity index (χ2v) is 4.88. The average Bonchev–Trinajstić information content (AvgIpc) is 2.77. The van der Waals surface area contributed by atoms with E-state index in [1.807, 2.05) is 43.3 Å². The molecule has 0 unspecified atom stereocenters. The van der Waals surface area contributed by atoms with Gasteiger partial charge in [-0.1, -0.05) is 29.8 Å². The Hall–Kier alpha value is -2.66. The summed E-state index contributed by atoms with van der Waals surface area (Å²) in [6.07, 6.45) is 0. The normalized spacial score (nSPS) is 18.9. The van der Waals surface area contributed by atoms with Gasteiger partial charge in [-0.3, -0.25) is 4.79 Å². The molecule has 1 N–H and O–H groups in total. The van der Waals surface area contributed by atoms with Crippen LogP contribution in [0.3, 0.4) is 0 Å². The molecule has 5 heteroatoms.